The number of nitrogens with zero attached hydrogens (tertiary/aromatic N) is 3. The summed E-state index contributed by atoms with van der Waals surface area (Å²) in [5, 5.41) is 2.87. The molecule has 0 aliphatic carbocycles. The van der Waals surface area contributed by atoms with Crippen molar-refractivity contribution < 1.29 is 19.1 Å². The average Bonchev–Trinajstić information content (AvgIpc) is 3.16. The van der Waals surface area contributed by atoms with Gasteiger partial charge in [-0.2, -0.15) is 0 Å². The normalized spacial score (nSPS) is 16.1. The monoisotopic (exact) mass is 448 g/mol. The van der Waals surface area contributed by atoms with E-state index in [0.717, 1.165) is 29.7 Å². The number of imidazole rings is 1. The summed E-state index contributed by atoms with van der Waals surface area (Å²) in [7, 11) is 3.34. The smallest absolute Gasteiger partial charge is 0.254 e. The number of ether oxygens (including phenoxy) is 1. The predicted molar refractivity (Wildman–Crippen MR) is 126 cm³/mol. The van der Waals surface area contributed by atoms with Crippen LogP contribution in [0.3, 0.4) is 0 Å². The number of nitrogens with one attached hydrogen (secondary N) is 1. The maximum Gasteiger partial charge on any atom is 0.254 e. The van der Waals surface area contributed by atoms with E-state index in [1.165, 1.54) is 7.11 Å². The van der Waals surface area contributed by atoms with E-state index in [1.807, 2.05) is 41.9 Å². The number of aryl methyl sites for hydroxylation is 1. The van der Waals surface area contributed by atoms with Crippen LogP contribution in [-0.4, -0.2) is 58.9 Å². The number of Topliss-reactive ketones (excluding diaryl/α,β-unsaturated/α-hetero) is 1. The Bertz CT molecular complexity index is 1200. The van der Waals surface area contributed by atoms with Crippen LogP contribution in [0.25, 0.3) is 22.4 Å². The number of aromatic nitrogens is 2. The third kappa shape index (κ3) is 4.66. The second-order valence-corrected chi connectivity index (χ2v) is 8.43. The molecule has 4 rings (SSSR count). The van der Waals surface area contributed by atoms with E-state index < -0.39 is 0 Å². The Kier molecular flexibility index (Phi) is 6.55. The van der Waals surface area contributed by atoms with Crippen LogP contribution in [0.15, 0.2) is 42.5 Å². The molecule has 8 nitrogen and oxygen atoms in total. The van der Waals surface area contributed by atoms with Crippen molar-refractivity contribution >= 4 is 34.3 Å². The molecule has 2 amide bonds. The number of carbonyl (C=O) groups excluding carboxylic acids is 3. The Morgan fingerprint density at radius 3 is 2.64 bits per heavy atom. The van der Waals surface area contributed by atoms with Crippen LogP contribution in [0.5, 0.6) is 0 Å². The zero-order chi connectivity index (χ0) is 23.5. The van der Waals surface area contributed by atoms with E-state index in [9.17, 15) is 14.4 Å². The van der Waals surface area contributed by atoms with Crippen LogP contribution >= 0.6 is 0 Å². The molecule has 1 N–H and O–H groups in total. The number of hydrogen-bond donors (Lipinski definition) is 1. The molecule has 0 radical (unpaired) electrons. The maximum atomic E-state index is 13.4. The number of fused-ring (bicyclic) bond motifs is 1. The lowest BCUT2D eigenvalue weighted by atomic mass is 9.94. The molecule has 172 valence electrons. The minimum atomic E-state index is -0.319. The molecule has 2 heterocycles. The van der Waals surface area contributed by atoms with Gasteiger partial charge in [0.1, 0.15) is 18.2 Å². The Labute approximate surface area is 192 Å². The molecule has 2 aromatic carbocycles. The van der Waals surface area contributed by atoms with Crippen molar-refractivity contribution in [1.82, 2.24) is 14.5 Å². The molecule has 0 bridgehead atoms. The highest BCUT2D eigenvalue weighted by Crippen LogP contribution is 2.31. The number of hydrogen-bond acceptors (Lipinski definition) is 5. The Morgan fingerprint density at radius 2 is 1.94 bits per heavy atom. The molecule has 1 aromatic heterocycles. The molecule has 8 heteroatoms. The fourth-order valence-corrected chi connectivity index (χ4v) is 4.41. The number of benzene rings is 2. The van der Waals surface area contributed by atoms with Crippen molar-refractivity contribution in [1.29, 1.82) is 0 Å². The van der Waals surface area contributed by atoms with E-state index in [2.05, 4.69) is 5.32 Å². The van der Waals surface area contributed by atoms with Gasteiger partial charge in [0.2, 0.25) is 5.91 Å². The second-order valence-electron chi connectivity index (χ2n) is 8.43. The molecule has 0 saturated carbocycles. The van der Waals surface area contributed by atoms with Gasteiger partial charge in [0.05, 0.1) is 16.7 Å². The standard InChI is InChI=1S/C25H28N4O4/c1-16(30)18-10-7-11-29(14-18)25(32)19-12-20(26-22(31)15-33-3)23-21(13-19)27-24(28(23)2)17-8-5-4-6-9-17/h4-6,8-9,12-13,18H,7,10-11,14-15H2,1-3H3,(H,26,31). The van der Waals surface area contributed by atoms with E-state index in [0.29, 0.717) is 29.9 Å². The molecular formula is C25H28N4O4. The predicted octanol–water partition coefficient (Wildman–Crippen LogP) is 3.27. The number of methoxy groups -OCH3 is 1. The minimum Gasteiger partial charge on any atom is -0.375 e. The van der Waals surface area contributed by atoms with E-state index in [-0.39, 0.29) is 30.1 Å². The van der Waals surface area contributed by atoms with Crippen LogP contribution in [0.4, 0.5) is 5.69 Å². The highest BCUT2D eigenvalue weighted by Gasteiger charge is 2.28. The largest absolute Gasteiger partial charge is 0.375 e. The van der Waals surface area contributed by atoms with Crippen molar-refractivity contribution in [2.75, 3.05) is 32.1 Å². The summed E-state index contributed by atoms with van der Waals surface area (Å²) >= 11 is 0. The molecule has 1 atom stereocenters. The zero-order valence-corrected chi connectivity index (χ0v) is 19.1. The van der Waals surface area contributed by atoms with Crippen molar-refractivity contribution in [3.8, 4) is 11.4 Å². The zero-order valence-electron chi connectivity index (χ0n) is 19.1. The van der Waals surface area contributed by atoms with Gasteiger partial charge >= 0.3 is 0 Å². The van der Waals surface area contributed by atoms with Gasteiger partial charge in [-0.05, 0) is 31.9 Å². The Hall–Kier alpha value is -3.52. The summed E-state index contributed by atoms with van der Waals surface area (Å²) in [5.74, 6) is 0.212. The highest BCUT2D eigenvalue weighted by atomic mass is 16.5. The Morgan fingerprint density at radius 1 is 1.18 bits per heavy atom. The third-order valence-electron chi connectivity index (χ3n) is 6.08. The first-order chi connectivity index (χ1) is 15.9. The first kappa shape index (κ1) is 22.7. The number of carbonyl (C=O) groups is 3. The van der Waals surface area contributed by atoms with Crippen LogP contribution < -0.4 is 5.32 Å². The lowest BCUT2D eigenvalue weighted by Gasteiger charge is -2.31. The topological polar surface area (TPSA) is 93.5 Å². The van der Waals surface area contributed by atoms with Gasteiger partial charge in [0.15, 0.2) is 0 Å². The SMILES string of the molecule is COCC(=O)Nc1cc(C(=O)N2CCCC(C(C)=O)C2)cc2nc(-c3ccccc3)n(C)c12. The number of amides is 2. The quantitative estimate of drug-likeness (QED) is 0.625. The van der Waals surface area contributed by atoms with Crippen LogP contribution in [-0.2, 0) is 21.4 Å². The molecule has 1 aliphatic rings. The number of ketones is 1. The number of rotatable bonds is 6. The molecule has 1 fully saturated rings. The highest BCUT2D eigenvalue weighted by molar-refractivity contribution is 6.06. The minimum absolute atomic E-state index is 0.102. The molecule has 1 saturated heterocycles. The second kappa shape index (κ2) is 9.54. The molecule has 1 aliphatic heterocycles. The molecule has 33 heavy (non-hydrogen) atoms. The van der Waals surface area contributed by atoms with Gasteiger partial charge in [0, 0.05) is 44.3 Å². The summed E-state index contributed by atoms with van der Waals surface area (Å²) in [6, 6.07) is 13.2. The third-order valence-corrected chi connectivity index (χ3v) is 6.08. The number of anilines is 1. The van der Waals surface area contributed by atoms with Gasteiger partial charge < -0.3 is 19.5 Å². The van der Waals surface area contributed by atoms with Gasteiger partial charge in [-0.3, -0.25) is 14.4 Å². The number of piperidine rings is 1. The van der Waals surface area contributed by atoms with Gasteiger partial charge in [-0.1, -0.05) is 30.3 Å². The van der Waals surface area contributed by atoms with Crippen molar-refractivity contribution in [3.05, 3.63) is 48.0 Å². The summed E-state index contributed by atoms with van der Waals surface area (Å²) < 4.78 is 6.87. The molecule has 1 unspecified atom stereocenters. The van der Waals surface area contributed by atoms with Gasteiger partial charge in [0.25, 0.3) is 5.91 Å². The summed E-state index contributed by atoms with van der Waals surface area (Å²) in [6.45, 7) is 2.49. The van der Waals surface area contributed by atoms with Crippen LogP contribution in [0, 0.1) is 5.92 Å². The van der Waals surface area contributed by atoms with Crippen molar-refractivity contribution in [2.45, 2.75) is 19.8 Å². The van der Waals surface area contributed by atoms with Crippen molar-refractivity contribution in [3.63, 3.8) is 0 Å². The maximum absolute atomic E-state index is 13.4. The summed E-state index contributed by atoms with van der Waals surface area (Å²) in [5.41, 5.74) is 3.18. The van der Waals surface area contributed by atoms with Gasteiger partial charge in [-0.15, -0.1) is 0 Å². The fraction of sp³-hybridized carbons (Fsp3) is 0.360. The fourth-order valence-electron chi connectivity index (χ4n) is 4.41. The molecular weight excluding hydrogens is 420 g/mol. The molecule has 3 aromatic rings. The average molecular weight is 449 g/mol. The van der Waals surface area contributed by atoms with Crippen LogP contribution in [0.1, 0.15) is 30.1 Å². The van der Waals surface area contributed by atoms with Crippen LogP contribution in [0.2, 0.25) is 0 Å². The molecule has 0 spiro atoms. The van der Waals surface area contributed by atoms with Gasteiger partial charge in [-0.25, -0.2) is 4.98 Å². The van der Waals surface area contributed by atoms with E-state index in [4.69, 9.17) is 9.72 Å². The summed E-state index contributed by atoms with van der Waals surface area (Å²) in [6.07, 6.45) is 1.59. The lowest BCUT2D eigenvalue weighted by Crippen LogP contribution is -2.41. The first-order valence-corrected chi connectivity index (χ1v) is 11.0. The van der Waals surface area contributed by atoms with E-state index in [1.54, 1.807) is 24.0 Å². The van der Waals surface area contributed by atoms with E-state index >= 15 is 0 Å². The first-order valence-electron chi connectivity index (χ1n) is 11.0. The van der Waals surface area contributed by atoms with Crippen molar-refractivity contribution in [2.24, 2.45) is 13.0 Å². The summed E-state index contributed by atoms with van der Waals surface area (Å²) in [4.78, 5) is 44.1. The Balaban J connectivity index is 1.78. The number of likely N-dealkylation sites (tertiary alicyclic amines) is 1. The lowest BCUT2D eigenvalue weighted by molar-refractivity contribution is -0.122.